The monoisotopic (exact) mass is 493 g/mol. The van der Waals surface area contributed by atoms with Crippen molar-refractivity contribution in [2.45, 2.75) is 46.2 Å². The van der Waals surface area contributed by atoms with E-state index in [-0.39, 0.29) is 18.1 Å². The summed E-state index contributed by atoms with van der Waals surface area (Å²) in [5, 5.41) is 3.22. The Balaban J connectivity index is 2.44. The lowest BCUT2D eigenvalue weighted by Crippen LogP contribution is -2.52. The molecule has 0 aromatic heterocycles. The van der Waals surface area contributed by atoms with E-state index in [1.165, 1.54) is 11.0 Å². The zero-order chi connectivity index (χ0) is 24.6. The number of amides is 2. The van der Waals surface area contributed by atoms with Gasteiger partial charge in [0.2, 0.25) is 21.8 Å². The molecule has 0 unspecified atom stereocenters. The van der Waals surface area contributed by atoms with E-state index in [1.807, 2.05) is 45.0 Å². The number of carbonyl (C=O) groups excluding carboxylic acids is 2. The lowest BCUT2D eigenvalue weighted by Gasteiger charge is -2.33. The van der Waals surface area contributed by atoms with Gasteiger partial charge >= 0.3 is 0 Å². The third-order valence-electron chi connectivity index (χ3n) is 5.31. The molecular formula is C24H32ClN3O4S. The molecule has 0 saturated heterocycles. The maximum Gasteiger partial charge on any atom is 0.244 e. The number of carbonyl (C=O) groups is 2. The van der Waals surface area contributed by atoms with Gasteiger partial charge in [0.25, 0.3) is 0 Å². The van der Waals surface area contributed by atoms with Crippen molar-refractivity contribution in [1.29, 1.82) is 0 Å². The second kappa shape index (κ2) is 12.0. The summed E-state index contributed by atoms with van der Waals surface area (Å²) in [4.78, 5) is 27.9. The summed E-state index contributed by atoms with van der Waals surface area (Å²) in [6, 6.07) is 13.2. The molecule has 2 amide bonds. The van der Waals surface area contributed by atoms with E-state index in [1.54, 1.807) is 18.2 Å². The summed E-state index contributed by atoms with van der Waals surface area (Å²) in [6.45, 7) is 5.97. The number of rotatable bonds is 11. The molecule has 2 rings (SSSR count). The fourth-order valence-corrected chi connectivity index (χ4v) is 4.53. The molecule has 0 aliphatic heterocycles. The van der Waals surface area contributed by atoms with Crippen LogP contribution >= 0.6 is 11.6 Å². The van der Waals surface area contributed by atoms with Crippen molar-refractivity contribution >= 4 is 39.1 Å². The van der Waals surface area contributed by atoms with Gasteiger partial charge in [-0.25, -0.2) is 8.42 Å². The molecule has 2 aromatic carbocycles. The second-order valence-electron chi connectivity index (χ2n) is 7.91. The van der Waals surface area contributed by atoms with Gasteiger partial charge in [-0.2, -0.15) is 0 Å². The third kappa shape index (κ3) is 7.47. The third-order valence-corrected chi connectivity index (χ3v) is 6.69. The number of sulfonamides is 1. The van der Waals surface area contributed by atoms with Crippen molar-refractivity contribution in [1.82, 2.24) is 10.2 Å². The number of aryl methyl sites for hydroxylation is 1. The molecule has 7 nitrogen and oxygen atoms in total. The smallest absolute Gasteiger partial charge is 0.244 e. The van der Waals surface area contributed by atoms with Gasteiger partial charge in [-0.1, -0.05) is 55.8 Å². The Kier molecular flexibility index (Phi) is 9.73. The minimum absolute atomic E-state index is 0.191. The van der Waals surface area contributed by atoms with Crippen LogP contribution in [0.15, 0.2) is 48.5 Å². The van der Waals surface area contributed by atoms with E-state index < -0.39 is 28.5 Å². The summed E-state index contributed by atoms with van der Waals surface area (Å²) in [6.07, 6.45) is 2.20. The van der Waals surface area contributed by atoms with Crippen molar-refractivity contribution in [2.24, 2.45) is 0 Å². The van der Waals surface area contributed by atoms with E-state index >= 15 is 0 Å². The second-order valence-corrected chi connectivity index (χ2v) is 10.3. The lowest BCUT2D eigenvalue weighted by atomic mass is 10.1. The Bertz CT molecular complexity index is 1070. The maximum absolute atomic E-state index is 13.6. The highest BCUT2D eigenvalue weighted by Crippen LogP contribution is 2.23. The zero-order valence-electron chi connectivity index (χ0n) is 19.5. The molecule has 0 saturated carbocycles. The minimum atomic E-state index is -3.78. The lowest BCUT2D eigenvalue weighted by molar-refractivity contribution is -0.140. The van der Waals surface area contributed by atoms with Gasteiger partial charge in [-0.3, -0.25) is 13.9 Å². The van der Waals surface area contributed by atoms with Crippen molar-refractivity contribution in [2.75, 3.05) is 23.7 Å². The Morgan fingerprint density at radius 2 is 1.79 bits per heavy atom. The Hall–Kier alpha value is -2.58. The van der Waals surface area contributed by atoms with Crippen LogP contribution in [0.4, 0.5) is 5.69 Å². The van der Waals surface area contributed by atoms with Crippen LogP contribution in [0.3, 0.4) is 0 Å². The highest BCUT2D eigenvalue weighted by molar-refractivity contribution is 7.92. The summed E-state index contributed by atoms with van der Waals surface area (Å²) >= 11 is 6.06. The molecule has 0 bridgehead atoms. The molecule has 2 aromatic rings. The van der Waals surface area contributed by atoms with Crippen LogP contribution < -0.4 is 9.62 Å². The first-order valence-electron chi connectivity index (χ1n) is 10.9. The van der Waals surface area contributed by atoms with Crippen molar-refractivity contribution in [3.8, 4) is 0 Å². The van der Waals surface area contributed by atoms with Crippen LogP contribution in [-0.4, -0.2) is 50.5 Å². The Morgan fingerprint density at radius 1 is 1.09 bits per heavy atom. The average Bonchev–Trinajstić information content (AvgIpc) is 2.76. The van der Waals surface area contributed by atoms with E-state index in [0.717, 1.165) is 28.1 Å². The molecule has 0 heterocycles. The molecule has 33 heavy (non-hydrogen) atoms. The molecule has 9 heteroatoms. The summed E-state index contributed by atoms with van der Waals surface area (Å²) in [5.74, 6) is -0.725. The van der Waals surface area contributed by atoms with Crippen molar-refractivity contribution in [3.63, 3.8) is 0 Å². The topological polar surface area (TPSA) is 86.8 Å². The Labute approximate surface area is 201 Å². The molecule has 1 N–H and O–H groups in total. The molecule has 0 spiro atoms. The number of hydrogen-bond donors (Lipinski definition) is 1. The van der Waals surface area contributed by atoms with E-state index in [9.17, 15) is 18.0 Å². The summed E-state index contributed by atoms with van der Waals surface area (Å²) < 4.78 is 26.1. The number of benzene rings is 2. The molecule has 0 fully saturated rings. The SMILES string of the molecule is CCCNC(=O)[C@@H](CC)N(Cc1ccccc1C)C(=O)CN(c1cccc(Cl)c1)S(C)(=O)=O. The first-order valence-corrected chi connectivity index (χ1v) is 13.2. The number of halogens is 1. The fraction of sp³-hybridized carbons (Fsp3) is 0.417. The predicted octanol–water partition coefficient (Wildman–Crippen LogP) is 3.75. The summed E-state index contributed by atoms with van der Waals surface area (Å²) in [5.41, 5.74) is 2.16. The molecule has 1 atom stereocenters. The maximum atomic E-state index is 13.6. The van der Waals surface area contributed by atoms with Gasteiger partial charge < -0.3 is 10.2 Å². The molecule has 0 aliphatic carbocycles. The highest BCUT2D eigenvalue weighted by Gasteiger charge is 2.31. The van der Waals surface area contributed by atoms with Gasteiger partial charge in [-0.15, -0.1) is 0 Å². The van der Waals surface area contributed by atoms with Gasteiger partial charge in [-0.05, 0) is 49.1 Å². The average molecular weight is 494 g/mol. The van der Waals surface area contributed by atoms with Crippen molar-refractivity contribution in [3.05, 3.63) is 64.7 Å². The summed E-state index contributed by atoms with van der Waals surface area (Å²) in [7, 11) is -3.78. The first kappa shape index (κ1) is 26.7. The quantitative estimate of drug-likeness (QED) is 0.516. The minimum Gasteiger partial charge on any atom is -0.354 e. The van der Waals surface area contributed by atoms with Crippen LogP contribution in [-0.2, 0) is 26.2 Å². The van der Waals surface area contributed by atoms with Gasteiger partial charge in [0.1, 0.15) is 12.6 Å². The number of hydrogen-bond acceptors (Lipinski definition) is 4. The van der Waals surface area contributed by atoms with Crippen molar-refractivity contribution < 1.29 is 18.0 Å². The van der Waals surface area contributed by atoms with E-state index in [0.29, 0.717) is 18.0 Å². The predicted molar refractivity (Wildman–Crippen MR) is 133 cm³/mol. The highest BCUT2D eigenvalue weighted by atomic mass is 35.5. The molecule has 0 aliphatic rings. The van der Waals surface area contributed by atoms with Crippen LogP contribution in [0, 0.1) is 6.92 Å². The first-order chi connectivity index (χ1) is 15.6. The van der Waals surface area contributed by atoms with E-state index in [4.69, 9.17) is 11.6 Å². The molecule has 180 valence electrons. The standard InChI is InChI=1S/C24H32ClN3O4S/c1-5-14-26-24(30)22(6-2)27(16-19-11-8-7-10-18(19)3)23(29)17-28(33(4,31)32)21-13-9-12-20(25)15-21/h7-13,15,22H,5-6,14,16-17H2,1-4H3,(H,26,30)/t22-/m1/s1. The number of nitrogens with zero attached hydrogens (tertiary/aromatic N) is 2. The van der Waals surface area contributed by atoms with Crippen LogP contribution in [0.5, 0.6) is 0 Å². The fourth-order valence-electron chi connectivity index (χ4n) is 3.50. The Morgan fingerprint density at radius 3 is 2.36 bits per heavy atom. The van der Waals surface area contributed by atoms with Crippen LogP contribution in [0.1, 0.15) is 37.8 Å². The zero-order valence-corrected chi connectivity index (χ0v) is 21.1. The molecular weight excluding hydrogens is 462 g/mol. The van der Waals surface area contributed by atoms with Crippen LogP contribution in [0.2, 0.25) is 5.02 Å². The normalized spacial score (nSPS) is 12.2. The largest absolute Gasteiger partial charge is 0.354 e. The van der Waals surface area contributed by atoms with Crippen LogP contribution in [0.25, 0.3) is 0 Å². The van der Waals surface area contributed by atoms with E-state index in [2.05, 4.69) is 5.32 Å². The molecule has 0 radical (unpaired) electrons. The number of anilines is 1. The number of nitrogens with one attached hydrogen (secondary N) is 1. The van der Waals surface area contributed by atoms with Gasteiger partial charge in [0.05, 0.1) is 11.9 Å². The van der Waals surface area contributed by atoms with Gasteiger partial charge in [0.15, 0.2) is 0 Å². The van der Waals surface area contributed by atoms with Gasteiger partial charge in [0, 0.05) is 18.1 Å².